The predicted molar refractivity (Wildman–Crippen MR) is 141 cm³/mol. The fraction of sp³-hybridized carbons (Fsp3) is 0.133. The Kier molecular flexibility index (Phi) is 6.63. The van der Waals surface area contributed by atoms with E-state index in [1.54, 1.807) is 72.8 Å². The maximum Gasteiger partial charge on any atom is 0.339 e. The normalized spacial score (nSPS) is 15.6. The molecule has 2 atom stereocenters. The molecule has 1 aliphatic heterocycles. The predicted octanol–water partition coefficient (Wildman–Crippen LogP) is 5.61. The van der Waals surface area contributed by atoms with Crippen LogP contribution in [0.1, 0.15) is 44.9 Å². The van der Waals surface area contributed by atoms with Crippen LogP contribution in [0.4, 0.5) is 5.69 Å². The van der Waals surface area contributed by atoms with Gasteiger partial charge in [-0.05, 0) is 43.2 Å². The van der Waals surface area contributed by atoms with Crippen molar-refractivity contribution in [2.45, 2.75) is 30.4 Å². The summed E-state index contributed by atoms with van der Waals surface area (Å²) < 4.78 is 34.4. The minimum atomic E-state index is -3.94. The van der Waals surface area contributed by atoms with E-state index in [0.717, 1.165) is 5.56 Å². The van der Waals surface area contributed by atoms with Crippen molar-refractivity contribution in [1.82, 2.24) is 0 Å². The molecule has 0 saturated carbocycles. The van der Waals surface area contributed by atoms with E-state index in [2.05, 4.69) is 0 Å². The van der Waals surface area contributed by atoms with Gasteiger partial charge in [0, 0.05) is 17.2 Å². The number of carbonyl (C=O) groups excluding carboxylic acids is 2. The first-order valence-corrected chi connectivity index (χ1v) is 13.4. The number of sulfonamides is 1. The van der Waals surface area contributed by atoms with Gasteiger partial charge in [-0.3, -0.25) is 9.10 Å². The van der Waals surface area contributed by atoms with Gasteiger partial charge in [0.25, 0.3) is 10.0 Å². The Morgan fingerprint density at radius 1 is 0.811 bits per heavy atom. The summed E-state index contributed by atoms with van der Waals surface area (Å²) in [6.45, 7) is 1.86. The molecule has 186 valence electrons. The minimum Gasteiger partial charge on any atom is -0.445 e. The van der Waals surface area contributed by atoms with Gasteiger partial charge < -0.3 is 4.74 Å². The average Bonchev–Trinajstić information content (AvgIpc) is 3.28. The van der Waals surface area contributed by atoms with Gasteiger partial charge in [-0.15, -0.1) is 0 Å². The van der Waals surface area contributed by atoms with Gasteiger partial charge in [-0.1, -0.05) is 84.9 Å². The first-order chi connectivity index (χ1) is 17.9. The van der Waals surface area contributed by atoms with Crippen molar-refractivity contribution in [1.29, 1.82) is 0 Å². The van der Waals surface area contributed by atoms with Crippen LogP contribution in [-0.4, -0.2) is 26.2 Å². The first kappa shape index (κ1) is 24.5. The summed E-state index contributed by atoms with van der Waals surface area (Å²) in [5.41, 5.74) is 2.57. The summed E-state index contributed by atoms with van der Waals surface area (Å²) in [6.07, 6.45) is -0.570. The Balaban J connectivity index is 1.45. The summed E-state index contributed by atoms with van der Waals surface area (Å²) in [7, 11) is -3.94. The van der Waals surface area contributed by atoms with E-state index in [-0.39, 0.29) is 22.3 Å². The maximum absolute atomic E-state index is 13.6. The Morgan fingerprint density at radius 3 is 2.16 bits per heavy atom. The lowest BCUT2D eigenvalue weighted by Crippen LogP contribution is -2.35. The molecule has 0 amide bonds. The summed E-state index contributed by atoms with van der Waals surface area (Å²) in [4.78, 5) is 26.5. The van der Waals surface area contributed by atoms with Crippen molar-refractivity contribution < 1.29 is 22.7 Å². The van der Waals surface area contributed by atoms with Crippen LogP contribution in [0.5, 0.6) is 0 Å². The second-order valence-corrected chi connectivity index (χ2v) is 10.8. The number of ketones is 1. The smallest absolute Gasteiger partial charge is 0.339 e. The zero-order valence-electron chi connectivity index (χ0n) is 20.2. The molecule has 4 aromatic rings. The van der Waals surface area contributed by atoms with E-state index < -0.39 is 22.1 Å². The molecule has 0 aromatic heterocycles. The van der Waals surface area contributed by atoms with Crippen molar-refractivity contribution in [3.05, 3.63) is 131 Å². The zero-order valence-corrected chi connectivity index (χ0v) is 21.0. The molecule has 7 heteroatoms. The van der Waals surface area contributed by atoms with Crippen LogP contribution in [-0.2, 0) is 21.2 Å². The van der Waals surface area contributed by atoms with Crippen molar-refractivity contribution in [3.8, 4) is 0 Å². The fourth-order valence-corrected chi connectivity index (χ4v) is 6.37. The number of nitrogens with zero attached hydrogens (tertiary/aromatic N) is 1. The van der Waals surface area contributed by atoms with Crippen LogP contribution >= 0.6 is 0 Å². The number of benzene rings is 4. The van der Waals surface area contributed by atoms with Gasteiger partial charge in [0.2, 0.25) is 5.78 Å². The van der Waals surface area contributed by atoms with Gasteiger partial charge in [-0.25, -0.2) is 13.2 Å². The Bertz CT molecular complexity index is 1550. The van der Waals surface area contributed by atoms with Crippen LogP contribution in [0.3, 0.4) is 0 Å². The molecular formula is C30H25NO5S. The molecule has 2 unspecified atom stereocenters. The number of carbonyl (C=O) groups is 2. The van der Waals surface area contributed by atoms with Crippen LogP contribution in [0, 0.1) is 0 Å². The van der Waals surface area contributed by atoms with Gasteiger partial charge >= 0.3 is 5.97 Å². The van der Waals surface area contributed by atoms with Crippen LogP contribution in [0.15, 0.2) is 114 Å². The summed E-state index contributed by atoms with van der Waals surface area (Å²) in [5, 5.41) is 0. The number of anilines is 1. The molecule has 5 rings (SSSR count). The van der Waals surface area contributed by atoms with Gasteiger partial charge in [0.05, 0.1) is 16.1 Å². The third kappa shape index (κ3) is 4.78. The highest BCUT2D eigenvalue weighted by atomic mass is 32.2. The third-order valence-corrected chi connectivity index (χ3v) is 8.32. The number of fused-ring (bicyclic) bond motifs is 1. The maximum atomic E-state index is 13.6. The lowest BCUT2D eigenvalue weighted by atomic mass is 10.00. The second kappa shape index (κ2) is 10.0. The number of Topliss-reactive ketones (excluding diaryl/α,β-unsaturated/α-hetero) is 1. The highest BCUT2D eigenvalue weighted by Gasteiger charge is 2.36. The molecule has 0 radical (unpaired) electrons. The number of hydrogen-bond donors (Lipinski definition) is 0. The van der Waals surface area contributed by atoms with E-state index in [1.165, 1.54) is 28.6 Å². The molecule has 0 spiro atoms. The minimum absolute atomic E-state index is 0.0175. The number of ether oxygens (including phenoxy) is 1. The molecule has 0 aliphatic carbocycles. The van der Waals surface area contributed by atoms with E-state index in [0.29, 0.717) is 23.2 Å². The highest BCUT2D eigenvalue weighted by Crippen LogP contribution is 2.36. The first-order valence-electron chi connectivity index (χ1n) is 11.9. The Morgan fingerprint density at radius 2 is 1.43 bits per heavy atom. The second-order valence-electron chi connectivity index (χ2n) is 8.94. The van der Waals surface area contributed by atoms with E-state index in [9.17, 15) is 18.0 Å². The molecular weight excluding hydrogens is 486 g/mol. The lowest BCUT2D eigenvalue weighted by molar-refractivity contribution is 0.0280. The van der Waals surface area contributed by atoms with Gasteiger partial charge in [0.1, 0.15) is 0 Å². The molecule has 0 N–H and O–H groups in total. The van der Waals surface area contributed by atoms with Crippen molar-refractivity contribution >= 4 is 27.5 Å². The van der Waals surface area contributed by atoms with Gasteiger partial charge in [0.15, 0.2) is 6.10 Å². The molecule has 6 nitrogen and oxygen atoms in total. The van der Waals surface area contributed by atoms with E-state index in [4.69, 9.17) is 4.74 Å². The monoisotopic (exact) mass is 511 g/mol. The standard InChI is InChI=1S/C30H25NO5S/c1-21-19-24-15-8-9-18-27(24)31(21)37(34,35)26-17-10-16-25(20-26)30(33)36-29(23-13-6-3-7-14-23)28(32)22-11-4-2-5-12-22/h2-18,20-21,29H,19H2,1H3. The van der Waals surface area contributed by atoms with Crippen molar-refractivity contribution in [2.75, 3.05) is 4.31 Å². The van der Waals surface area contributed by atoms with Crippen molar-refractivity contribution in [2.24, 2.45) is 0 Å². The van der Waals surface area contributed by atoms with Crippen LogP contribution in [0.2, 0.25) is 0 Å². The third-order valence-electron chi connectivity index (χ3n) is 6.39. The fourth-order valence-electron chi connectivity index (χ4n) is 4.63. The zero-order chi connectivity index (χ0) is 26.0. The number of para-hydroxylation sites is 1. The van der Waals surface area contributed by atoms with Crippen LogP contribution in [0.25, 0.3) is 0 Å². The highest BCUT2D eigenvalue weighted by molar-refractivity contribution is 7.92. The quantitative estimate of drug-likeness (QED) is 0.238. The van der Waals surface area contributed by atoms with E-state index >= 15 is 0 Å². The summed E-state index contributed by atoms with van der Waals surface area (Å²) in [5.74, 6) is -1.16. The molecule has 37 heavy (non-hydrogen) atoms. The number of rotatable bonds is 7. The summed E-state index contributed by atoms with van der Waals surface area (Å²) in [6, 6.07) is 30.3. The number of esters is 1. The van der Waals surface area contributed by atoms with Gasteiger partial charge in [-0.2, -0.15) is 0 Å². The van der Waals surface area contributed by atoms with E-state index in [1.807, 2.05) is 19.1 Å². The molecule has 1 heterocycles. The lowest BCUT2D eigenvalue weighted by Gasteiger charge is -2.24. The summed E-state index contributed by atoms with van der Waals surface area (Å²) >= 11 is 0. The molecule has 1 aliphatic rings. The Labute approximate surface area is 216 Å². The SMILES string of the molecule is CC1Cc2ccccc2N1S(=O)(=O)c1cccc(C(=O)OC(C(=O)c2ccccc2)c2ccccc2)c1. The molecule has 0 saturated heterocycles. The van der Waals surface area contributed by atoms with Crippen molar-refractivity contribution in [3.63, 3.8) is 0 Å². The average molecular weight is 512 g/mol. The molecule has 0 bridgehead atoms. The molecule has 4 aromatic carbocycles. The topological polar surface area (TPSA) is 80.8 Å². The largest absolute Gasteiger partial charge is 0.445 e. The number of hydrogen-bond acceptors (Lipinski definition) is 5. The Hall–Kier alpha value is -4.23. The van der Waals surface area contributed by atoms with Crippen LogP contribution < -0.4 is 4.31 Å². The molecule has 0 fully saturated rings.